The molecule has 0 aliphatic carbocycles. The molecule has 18 heavy (non-hydrogen) atoms. The summed E-state index contributed by atoms with van der Waals surface area (Å²) in [6.45, 7) is 0. The highest BCUT2D eigenvalue weighted by Gasteiger charge is 2.16. The van der Waals surface area contributed by atoms with Crippen molar-refractivity contribution in [3.05, 3.63) is 39.8 Å². The van der Waals surface area contributed by atoms with Gasteiger partial charge in [-0.1, -0.05) is 23.4 Å². The van der Waals surface area contributed by atoms with Crippen molar-refractivity contribution in [2.75, 3.05) is 0 Å². The van der Waals surface area contributed by atoms with Gasteiger partial charge in [-0.25, -0.2) is 13.6 Å². The van der Waals surface area contributed by atoms with Crippen molar-refractivity contribution < 1.29 is 8.42 Å². The molecule has 0 aliphatic heterocycles. The molecule has 1 heterocycles. The van der Waals surface area contributed by atoms with Crippen LogP contribution in [0.2, 0.25) is 5.02 Å². The zero-order chi connectivity index (χ0) is 13.3. The normalized spacial score (nSPS) is 11.7. The minimum atomic E-state index is -3.65. The molecule has 2 N–H and O–H groups in total. The zero-order valence-electron chi connectivity index (χ0n) is 8.76. The van der Waals surface area contributed by atoms with Crippen LogP contribution in [0, 0.1) is 0 Å². The summed E-state index contributed by atoms with van der Waals surface area (Å²) in [7, 11) is -3.65. The first kappa shape index (κ1) is 14.4. The van der Waals surface area contributed by atoms with Crippen LogP contribution in [0.1, 0.15) is 0 Å². The minimum absolute atomic E-state index is 0.144. The van der Waals surface area contributed by atoms with Crippen molar-refractivity contribution in [1.82, 2.24) is 0 Å². The monoisotopic (exact) mass is 383 g/mol. The minimum Gasteiger partial charge on any atom is -0.224 e. The first-order chi connectivity index (χ1) is 8.36. The van der Waals surface area contributed by atoms with Crippen LogP contribution in [0.3, 0.4) is 0 Å². The molecule has 0 fully saturated rings. The van der Waals surface area contributed by atoms with Gasteiger partial charge in [-0.3, -0.25) is 0 Å². The third kappa shape index (κ3) is 3.49. The highest BCUT2D eigenvalue weighted by Crippen LogP contribution is 2.41. The molecule has 3 nitrogen and oxygen atoms in total. The fraction of sp³-hybridized carbons (Fsp3) is 0. The molecule has 0 bridgehead atoms. The highest BCUT2D eigenvalue weighted by molar-refractivity contribution is 9.10. The van der Waals surface area contributed by atoms with Crippen molar-refractivity contribution in [1.29, 1.82) is 0 Å². The van der Waals surface area contributed by atoms with Crippen molar-refractivity contribution in [3.8, 4) is 0 Å². The number of benzene rings is 1. The molecule has 0 spiro atoms. The van der Waals surface area contributed by atoms with Crippen molar-refractivity contribution in [2.24, 2.45) is 5.14 Å². The largest absolute Gasteiger partial charge is 0.247 e. The van der Waals surface area contributed by atoms with E-state index in [1.807, 2.05) is 12.1 Å². The lowest BCUT2D eigenvalue weighted by Gasteiger charge is -1.99. The summed E-state index contributed by atoms with van der Waals surface area (Å²) < 4.78 is 24.2. The summed E-state index contributed by atoms with van der Waals surface area (Å²) in [5, 5.41) is 5.75. The Balaban J connectivity index is 2.30. The third-order valence-corrected chi connectivity index (χ3v) is 7.10. The molecule has 0 aliphatic rings. The molecule has 2 aromatic rings. The van der Waals surface area contributed by atoms with Gasteiger partial charge in [-0.15, -0.1) is 11.3 Å². The van der Waals surface area contributed by atoms with E-state index in [0.29, 0.717) is 5.02 Å². The molecule has 0 saturated heterocycles. The van der Waals surface area contributed by atoms with E-state index in [9.17, 15) is 8.42 Å². The van der Waals surface area contributed by atoms with Crippen molar-refractivity contribution in [3.63, 3.8) is 0 Å². The quantitative estimate of drug-likeness (QED) is 0.871. The first-order valence-electron chi connectivity index (χ1n) is 4.62. The zero-order valence-corrected chi connectivity index (χ0v) is 13.6. The second-order valence-corrected chi connectivity index (χ2v) is 8.78. The van der Waals surface area contributed by atoms with Crippen molar-refractivity contribution >= 4 is 60.7 Å². The summed E-state index contributed by atoms with van der Waals surface area (Å²) in [5.74, 6) is 0. The number of thiophene rings is 1. The Bertz CT molecular complexity index is 667. The van der Waals surface area contributed by atoms with E-state index in [2.05, 4.69) is 15.9 Å². The average Bonchev–Trinajstić information content (AvgIpc) is 2.63. The molecule has 8 heteroatoms. The number of rotatable bonds is 3. The van der Waals surface area contributed by atoms with Crippen LogP contribution < -0.4 is 5.14 Å². The van der Waals surface area contributed by atoms with E-state index in [4.69, 9.17) is 16.7 Å². The summed E-state index contributed by atoms with van der Waals surface area (Å²) in [4.78, 5) is 0.975. The van der Waals surface area contributed by atoms with Crippen LogP contribution in [0.5, 0.6) is 0 Å². The van der Waals surface area contributed by atoms with E-state index >= 15 is 0 Å². The number of hydrogen-bond acceptors (Lipinski definition) is 4. The van der Waals surface area contributed by atoms with E-state index in [-0.39, 0.29) is 4.21 Å². The SMILES string of the molecule is NS(=O)(=O)c1cc(Br)c(Sc2ccc(Cl)cc2)s1. The maximum absolute atomic E-state index is 11.2. The Morgan fingerprint density at radius 3 is 2.39 bits per heavy atom. The molecule has 1 aromatic carbocycles. The number of primary sulfonamides is 1. The van der Waals surface area contributed by atoms with Crippen LogP contribution in [0.15, 0.2) is 48.1 Å². The van der Waals surface area contributed by atoms with Gasteiger partial charge in [-0.05, 0) is 46.3 Å². The van der Waals surface area contributed by atoms with Gasteiger partial charge < -0.3 is 0 Å². The fourth-order valence-corrected chi connectivity index (χ4v) is 5.33. The van der Waals surface area contributed by atoms with Gasteiger partial charge in [0, 0.05) is 14.4 Å². The highest BCUT2D eigenvalue weighted by atomic mass is 79.9. The Morgan fingerprint density at radius 2 is 1.89 bits per heavy atom. The lowest BCUT2D eigenvalue weighted by molar-refractivity contribution is 0.600. The van der Waals surface area contributed by atoms with Crippen molar-refractivity contribution in [2.45, 2.75) is 13.3 Å². The van der Waals surface area contributed by atoms with Gasteiger partial charge in [0.2, 0.25) is 10.0 Å². The fourth-order valence-electron chi connectivity index (χ4n) is 1.15. The van der Waals surface area contributed by atoms with Gasteiger partial charge in [0.1, 0.15) is 4.21 Å². The van der Waals surface area contributed by atoms with Crippen LogP contribution in [-0.2, 0) is 10.0 Å². The molecule has 1 aromatic heterocycles. The van der Waals surface area contributed by atoms with Gasteiger partial charge in [0.05, 0.1) is 4.21 Å². The predicted octanol–water partition coefficient (Wildman–Crippen LogP) is 3.96. The molecule has 96 valence electrons. The van der Waals surface area contributed by atoms with Gasteiger partial charge in [0.25, 0.3) is 0 Å². The molecule has 0 atom stereocenters. The average molecular weight is 385 g/mol. The number of sulfonamides is 1. The van der Waals surface area contributed by atoms with E-state index < -0.39 is 10.0 Å². The van der Waals surface area contributed by atoms with Crippen LogP contribution in [-0.4, -0.2) is 8.42 Å². The van der Waals surface area contributed by atoms with Gasteiger partial charge in [-0.2, -0.15) is 0 Å². The van der Waals surface area contributed by atoms with E-state index in [0.717, 1.165) is 24.9 Å². The molecule has 0 unspecified atom stereocenters. The Hall–Kier alpha value is -0.0500. The molecule has 0 amide bonds. The lowest BCUT2D eigenvalue weighted by atomic mass is 10.4. The molecule has 0 saturated carbocycles. The smallest absolute Gasteiger partial charge is 0.224 e. The molecular weight excluding hydrogens is 378 g/mol. The lowest BCUT2D eigenvalue weighted by Crippen LogP contribution is -2.09. The Labute approximate surface area is 127 Å². The third-order valence-electron chi connectivity index (χ3n) is 1.94. The first-order valence-corrected chi connectivity index (χ1v) is 8.97. The number of nitrogens with two attached hydrogens (primary N) is 1. The maximum Gasteiger partial charge on any atom is 0.247 e. The summed E-state index contributed by atoms with van der Waals surface area (Å²) >= 11 is 11.7. The topological polar surface area (TPSA) is 60.2 Å². The summed E-state index contributed by atoms with van der Waals surface area (Å²) in [5.41, 5.74) is 0. The van der Waals surface area contributed by atoms with Gasteiger partial charge in [0.15, 0.2) is 0 Å². The number of halogens is 2. The number of hydrogen-bond donors (Lipinski definition) is 1. The second kappa shape index (κ2) is 5.52. The van der Waals surface area contributed by atoms with Crippen LogP contribution >= 0.6 is 50.6 Å². The predicted molar refractivity (Wildman–Crippen MR) is 79.0 cm³/mol. The van der Waals surface area contributed by atoms with Crippen LogP contribution in [0.25, 0.3) is 0 Å². The molecule has 2 rings (SSSR count). The summed E-state index contributed by atoms with van der Waals surface area (Å²) in [6.07, 6.45) is 0. The summed E-state index contributed by atoms with van der Waals surface area (Å²) in [6, 6.07) is 8.82. The standard InChI is InChI=1S/C10H7BrClNO2S3/c11-8-5-9(18(13,14)15)17-10(8)16-7-3-1-6(12)2-4-7/h1-5H,(H2,13,14,15). The van der Waals surface area contributed by atoms with Gasteiger partial charge >= 0.3 is 0 Å². The maximum atomic E-state index is 11.2. The van der Waals surface area contributed by atoms with E-state index in [1.165, 1.54) is 17.8 Å². The molecular formula is C10H7BrClNO2S3. The Kier molecular flexibility index (Phi) is 4.40. The van der Waals surface area contributed by atoms with E-state index in [1.54, 1.807) is 12.1 Å². The van der Waals surface area contributed by atoms with Crippen LogP contribution in [0.4, 0.5) is 0 Å². The Morgan fingerprint density at radius 1 is 1.28 bits per heavy atom. The molecule has 0 radical (unpaired) electrons. The second-order valence-electron chi connectivity index (χ2n) is 3.30.